The van der Waals surface area contributed by atoms with Crippen LogP contribution in [0.25, 0.3) is 0 Å². The summed E-state index contributed by atoms with van der Waals surface area (Å²) >= 11 is 0. The Balaban J connectivity index is 1.60. The van der Waals surface area contributed by atoms with Gasteiger partial charge in [0, 0.05) is 50.8 Å². The van der Waals surface area contributed by atoms with Crippen molar-refractivity contribution in [1.29, 1.82) is 0 Å². The van der Waals surface area contributed by atoms with Crippen LogP contribution in [-0.2, 0) is 0 Å². The smallest absolute Gasteiger partial charge is 0.255 e. The number of carbonyl (C=O) groups is 1. The number of anilines is 2. The van der Waals surface area contributed by atoms with Crippen molar-refractivity contribution in [3.63, 3.8) is 0 Å². The zero-order valence-electron chi connectivity index (χ0n) is 15.9. The lowest BCUT2D eigenvalue weighted by Gasteiger charge is -2.36. The largest absolute Gasteiger partial charge is 0.384 e. The molecule has 26 heavy (non-hydrogen) atoms. The number of pyridine rings is 1. The van der Waals surface area contributed by atoms with E-state index in [1.165, 1.54) is 11.3 Å². The molecule has 0 bridgehead atoms. The van der Waals surface area contributed by atoms with Gasteiger partial charge < -0.3 is 15.1 Å². The van der Waals surface area contributed by atoms with Crippen molar-refractivity contribution in [2.45, 2.75) is 20.8 Å². The van der Waals surface area contributed by atoms with Crippen LogP contribution in [0.2, 0.25) is 0 Å². The molecule has 5 nitrogen and oxygen atoms in total. The lowest BCUT2D eigenvalue weighted by Crippen LogP contribution is -2.48. The molecule has 1 N–H and O–H groups in total. The second-order valence-corrected chi connectivity index (χ2v) is 7.36. The number of nitrogens with one attached hydrogen (secondary N) is 1. The summed E-state index contributed by atoms with van der Waals surface area (Å²) in [6.07, 6.45) is 3.44. The van der Waals surface area contributed by atoms with E-state index in [1.807, 2.05) is 11.0 Å². The molecule has 2 heterocycles. The summed E-state index contributed by atoms with van der Waals surface area (Å²) < 4.78 is 0. The number of benzene rings is 1. The van der Waals surface area contributed by atoms with Gasteiger partial charge in [0.05, 0.1) is 11.3 Å². The fourth-order valence-corrected chi connectivity index (χ4v) is 3.15. The Morgan fingerprint density at radius 2 is 1.92 bits per heavy atom. The van der Waals surface area contributed by atoms with Crippen LogP contribution in [0.3, 0.4) is 0 Å². The zero-order chi connectivity index (χ0) is 18.5. The highest BCUT2D eigenvalue weighted by molar-refractivity contribution is 5.95. The predicted molar refractivity (Wildman–Crippen MR) is 107 cm³/mol. The van der Waals surface area contributed by atoms with Crippen LogP contribution in [-0.4, -0.2) is 48.5 Å². The molecule has 1 aliphatic heterocycles. The second kappa shape index (κ2) is 8.21. The highest BCUT2D eigenvalue weighted by Crippen LogP contribution is 2.19. The number of hydrogen-bond donors (Lipinski definition) is 1. The minimum Gasteiger partial charge on any atom is -0.384 e. The number of carbonyl (C=O) groups excluding carboxylic acids is 1. The Morgan fingerprint density at radius 1 is 1.15 bits per heavy atom. The molecule has 1 fully saturated rings. The quantitative estimate of drug-likeness (QED) is 0.896. The topological polar surface area (TPSA) is 48.5 Å². The fourth-order valence-electron chi connectivity index (χ4n) is 3.15. The van der Waals surface area contributed by atoms with Gasteiger partial charge in [-0.2, -0.15) is 0 Å². The van der Waals surface area contributed by atoms with Gasteiger partial charge in [-0.25, -0.2) is 0 Å². The molecule has 1 saturated heterocycles. The number of hydrogen-bond acceptors (Lipinski definition) is 4. The molecule has 1 aromatic carbocycles. The molecular weight excluding hydrogens is 324 g/mol. The highest BCUT2D eigenvalue weighted by Gasteiger charge is 2.22. The highest BCUT2D eigenvalue weighted by atomic mass is 16.2. The Hall–Kier alpha value is -2.56. The first-order valence-electron chi connectivity index (χ1n) is 9.33. The molecule has 1 aromatic heterocycles. The number of amides is 1. The van der Waals surface area contributed by atoms with Crippen molar-refractivity contribution < 1.29 is 4.79 Å². The van der Waals surface area contributed by atoms with E-state index in [4.69, 9.17) is 0 Å². The van der Waals surface area contributed by atoms with Gasteiger partial charge in [-0.05, 0) is 36.6 Å². The summed E-state index contributed by atoms with van der Waals surface area (Å²) in [7, 11) is 0. The standard InChI is InChI=1S/C21H28N4O/c1-16(2)13-23-19-12-18(14-22-15-19)21(26)25-9-7-24(8-10-25)20-6-4-5-17(3)11-20/h4-6,11-12,14-16,23H,7-10,13H2,1-3H3. The van der Waals surface area contributed by atoms with Gasteiger partial charge in [-0.1, -0.05) is 26.0 Å². The van der Waals surface area contributed by atoms with Crippen LogP contribution in [0.15, 0.2) is 42.7 Å². The van der Waals surface area contributed by atoms with E-state index in [2.05, 4.69) is 60.2 Å². The number of nitrogens with zero attached hydrogens (tertiary/aromatic N) is 3. The first kappa shape index (κ1) is 18.2. The number of aromatic nitrogens is 1. The Morgan fingerprint density at radius 3 is 2.62 bits per heavy atom. The monoisotopic (exact) mass is 352 g/mol. The molecular formula is C21H28N4O. The average Bonchev–Trinajstić information content (AvgIpc) is 2.66. The molecule has 0 unspecified atom stereocenters. The molecule has 0 atom stereocenters. The van der Waals surface area contributed by atoms with Crippen molar-refractivity contribution >= 4 is 17.3 Å². The van der Waals surface area contributed by atoms with Gasteiger partial charge in [-0.3, -0.25) is 9.78 Å². The van der Waals surface area contributed by atoms with Crippen molar-refractivity contribution in [3.05, 3.63) is 53.9 Å². The van der Waals surface area contributed by atoms with Gasteiger partial charge in [0.1, 0.15) is 0 Å². The maximum Gasteiger partial charge on any atom is 0.255 e. The van der Waals surface area contributed by atoms with E-state index in [0.717, 1.165) is 38.4 Å². The van der Waals surface area contributed by atoms with Crippen molar-refractivity contribution in [2.75, 3.05) is 42.9 Å². The van der Waals surface area contributed by atoms with Crippen LogP contribution in [0.5, 0.6) is 0 Å². The molecule has 5 heteroatoms. The van der Waals surface area contributed by atoms with Gasteiger partial charge in [0.25, 0.3) is 5.91 Å². The maximum atomic E-state index is 12.8. The molecule has 138 valence electrons. The van der Waals surface area contributed by atoms with Crippen molar-refractivity contribution in [1.82, 2.24) is 9.88 Å². The average molecular weight is 352 g/mol. The predicted octanol–water partition coefficient (Wildman–Crippen LogP) is 3.42. The van der Waals surface area contributed by atoms with Crippen molar-refractivity contribution in [2.24, 2.45) is 5.92 Å². The molecule has 0 radical (unpaired) electrons. The lowest BCUT2D eigenvalue weighted by molar-refractivity contribution is 0.0746. The van der Waals surface area contributed by atoms with Crippen LogP contribution >= 0.6 is 0 Å². The van der Waals surface area contributed by atoms with E-state index in [9.17, 15) is 4.79 Å². The fraction of sp³-hybridized carbons (Fsp3) is 0.429. The van der Waals surface area contributed by atoms with Gasteiger partial charge in [-0.15, -0.1) is 0 Å². The molecule has 1 amide bonds. The Labute approximate surface area is 156 Å². The van der Waals surface area contributed by atoms with Crippen LogP contribution in [0, 0.1) is 12.8 Å². The third-order valence-corrected chi connectivity index (χ3v) is 4.63. The molecule has 3 rings (SSSR count). The Bertz CT molecular complexity index is 751. The zero-order valence-corrected chi connectivity index (χ0v) is 15.9. The van der Waals surface area contributed by atoms with E-state index >= 15 is 0 Å². The van der Waals surface area contributed by atoms with Gasteiger partial charge >= 0.3 is 0 Å². The van der Waals surface area contributed by atoms with E-state index in [0.29, 0.717) is 11.5 Å². The summed E-state index contributed by atoms with van der Waals surface area (Å²) in [5.74, 6) is 0.610. The third kappa shape index (κ3) is 4.54. The van der Waals surface area contributed by atoms with Gasteiger partial charge in [0.2, 0.25) is 0 Å². The maximum absolute atomic E-state index is 12.8. The van der Waals surface area contributed by atoms with Crippen LogP contribution < -0.4 is 10.2 Å². The van der Waals surface area contributed by atoms with Crippen LogP contribution in [0.1, 0.15) is 29.8 Å². The molecule has 0 aliphatic carbocycles. The first-order valence-corrected chi connectivity index (χ1v) is 9.33. The number of aryl methyl sites for hydroxylation is 1. The van der Waals surface area contributed by atoms with Crippen molar-refractivity contribution in [3.8, 4) is 0 Å². The third-order valence-electron chi connectivity index (χ3n) is 4.63. The number of rotatable bonds is 5. The Kier molecular flexibility index (Phi) is 5.76. The normalized spacial score (nSPS) is 14.6. The van der Waals surface area contributed by atoms with E-state index < -0.39 is 0 Å². The minimum atomic E-state index is 0.0644. The number of piperazine rings is 1. The molecule has 0 saturated carbocycles. The SMILES string of the molecule is Cc1cccc(N2CCN(C(=O)c3cncc(NCC(C)C)c3)CC2)c1. The minimum absolute atomic E-state index is 0.0644. The summed E-state index contributed by atoms with van der Waals surface area (Å²) in [5, 5.41) is 3.33. The summed E-state index contributed by atoms with van der Waals surface area (Å²) in [5.41, 5.74) is 4.06. The second-order valence-electron chi connectivity index (χ2n) is 7.36. The van der Waals surface area contributed by atoms with E-state index in [1.54, 1.807) is 12.4 Å². The lowest BCUT2D eigenvalue weighted by atomic mass is 10.1. The summed E-state index contributed by atoms with van der Waals surface area (Å²) in [6.45, 7) is 10.5. The first-order chi connectivity index (χ1) is 12.5. The van der Waals surface area contributed by atoms with Gasteiger partial charge in [0.15, 0.2) is 0 Å². The molecule has 2 aromatic rings. The van der Waals surface area contributed by atoms with Crippen LogP contribution in [0.4, 0.5) is 11.4 Å². The molecule has 0 spiro atoms. The molecule has 1 aliphatic rings. The summed E-state index contributed by atoms with van der Waals surface area (Å²) in [4.78, 5) is 21.3. The van der Waals surface area contributed by atoms with E-state index in [-0.39, 0.29) is 5.91 Å². The summed E-state index contributed by atoms with van der Waals surface area (Å²) in [6, 6.07) is 10.4.